The number of hydrogen-bond donors (Lipinski definition) is 1. The van der Waals surface area contributed by atoms with Gasteiger partial charge in [0.15, 0.2) is 5.92 Å². The maximum atomic E-state index is 14.1. The van der Waals surface area contributed by atoms with Gasteiger partial charge in [0.05, 0.1) is 17.5 Å². The van der Waals surface area contributed by atoms with Crippen molar-refractivity contribution in [2.45, 2.75) is 32.0 Å². The topological polar surface area (TPSA) is 98.2 Å². The summed E-state index contributed by atoms with van der Waals surface area (Å²) >= 11 is 0. The highest BCUT2D eigenvalue weighted by Gasteiger charge is 2.47. The number of carbonyl (C=O) groups excluding carboxylic acids is 3. The third-order valence-corrected chi connectivity index (χ3v) is 6.57. The van der Waals surface area contributed by atoms with Crippen LogP contribution in [-0.4, -0.2) is 47.4 Å². The summed E-state index contributed by atoms with van der Waals surface area (Å²) in [7, 11) is 1.58. The van der Waals surface area contributed by atoms with Gasteiger partial charge >= 0.3 is 18.2 Å². The van der Waals surface area contributed by atoms with Crippen LogP contribution in [0.25, 0.3) is 0 Å². The zero-order valence-electron chi connectivity index (χ0n) is 19.4. The van der Waals surface area contributed by atoms with Gasteiger partial charge in [-0.2, -0.15) is 13.2 Å². The number of alkyl halides is 3. The van der Waals surface area contributed by atoms with E-state index in [1.165, 1.54) is 17.0 Å². The Morgan fingerprint density at radius 3 is 2.42 bits per heavy atom. The molecule has 0 aliphatic carbocycles. The van der Waals surface area contributed by atoms with Crippen molar-refractivity contribution in [2.24, 2.45) is 5.92 Å². The number of urea groups is 1. The molecular weight excluding hydrogens is 486 g/mol. The van der Waals surface area contributed by atoms with Gasteiger partial charge in [-0.15, -0.1) is 0 Å². The first-order valence-electron chi connectivity index (χ1n) is 10.8. The van der Waals surface area contributed by atoms with E-state index in [2.05, 4.69) is 0 Å². The fourth-order valence-electron chi connectivity index (χ4n) is 4.63. The summed E-state index contributed by atoms with van der Waals surface area (Å²) in [4.78, 5) is 53.4. The van der Waals surface area contributed by atoms with Gasteiger partial charge in [0.2, 0.25) is 11.8 Å². The van der Waals surface area contributed by atoms with E-state index in [1.807, 2.05) is 0 Å². The summed E-state index contributed by atoms with van der Waals surface area (Å²) in [6.45, 7) is 1.81. The Kier molecular flexibility index (Phi) is 5.81. The molecule has 0 radical (unpaired) electrons. The molecule has 190 valence electrons. The van der Waals surface area contributed by atoms with Crippen LogP contribution in [0.3, 0.4) is 0 Å². The van der Waals surface area contributed by atoms with E-state index in [0.717, 1.165) is 17.0 Å². The average Bonchev–Trinajstić information content (AvgIpc) is 2.95. The number of aliphatic carboxylic acids is 1. The number of likely N-dealkylation sites (N-methyl/N-ethyl adjacent to an activating group) is 1. The van der Waals surface area contributed by atoms with Crippen molar-refractivity contribution in [2.75, 3.05) is 23.4 Å². The Hall–Kier alpha value is -3.96. The van der Waals surface area contributed by atoms with Gasteiger partial charge in [-0.25, -0.2) is 9.18 Å². The number of imide groups is 1. The van der Waals surface area contributed by atoms with Crippen LogP contribution in [0.15, 0.2) is 36.4 Å². The first kappa shape index (κ1) is 25.1. The molecule has 2 aliphatic heterocycles. The van der Waals surface area contributed by atoms with Crippen LogP contribution in [0, 0.1) is 11.7 Å². The van der Waals surface area contributed by atoms with Gasteiger partial charge in [-0.1, -0.05) is 12.1 Å². The van der Waals surface area contributed by atoms with Crippen LogP contribution in [0.1, 0.15) is 30.5 Å². The molecule has 0 saturated carbocycles. The fourth-order valence-corrected chi connectivity index (χ4v) is 4.63. The zero-order chi connectivity index (χ0) is 26.7. The number of nitrogens with zero attached hydrogens (tertiary/aromatic N) is 3. The second kappa shape index (κ2) is 8.32. The Bertz CT molecular complexity index is 1310. The molecule has 1 N–H and O–H groups in total. The predicted octanol–water partition coefficient (Wildman–Crippen LogP) is 3.77. The van der Waals surface area contributed by atoms with Crippen LogP contribution in [0.2, 0.25) is 0 Å². The molecule has 1 unspecified atom stereocenters. The molecule has 36 heavy (non-hydrogen) atoms. The summed E-state index contributed by atoms with van der Waals surface area (Å²) in [6.07, 6.45) is -5.11. The molecule has 1 fully saturated rings. The van der Waals surface area contributed by atoms with E-state index in [0.29, 0.717) is 22.2 Å². The first-order chi connectivity index (χ1) is 16.7. The molecular formula is C24H21F4N3O5. The maximum absolute atomic E-state index is 14.1. The number of halogens is 4. The third-order valence-electron chi connectivity index (χ3n) is 6.57. The number of amides is 4. The minimum Gasteiger partial charge on any atom is -0.481 e. The highest BCUT2D eigenvalue weighted by molar-refractivity contribution is 6.13. The van der Waals surface area contributed by atoms with Gasteiger partial charge < -0.3 is 10.0 Å². The van der Waals surface area contributed by atoms with Crippen molar-refractivity contribution in [3.63, 3.8) is 0 Å². The van der Waals surface area contributed by atoms with Crippen LogP contribution < -0.4 is 9.80 Å². The molecule has 0 aromatic heterocycles. The lowest BCUT2D eigenvalue weighted by molar-refractivity contribution is -0.151. The van der Waals surface area contributed by atoms with Crippen LogP contribution in [0.5, 0.6) is 0 Å². The van der Waals surface area contributed by atoms with Crippen molar-refractivity contribution in [3.05, 3.63) is 58.9 Å². The number of carboxylic acid groups (broad SMARTS) is 1. The van der Waals surface area contributed by atoms with E-state index in [1.54, 1.807) is 27.0 Å². The largest absolute Gasteiger partial charge is 0.481 e. The number of hydrogen-bond acceptors (Lipinski definition) is 4. The highest BCUT2D eigenvalue weighted by Crippen LogP contribution is 2.43. The molecule has 0 spiro atoms. The van der Waals surface area contributed by atoms with Gasteiger partial charge in [-0.3, -0.25) is 24.2 Å². The second-order valence-corrected chi connectivity index (χ2v) is 9.17. The lowest BCUT2D eigenvalue weighted by Gasteiger charge is -2.37. The standard InChI is InChI=1S/C24H21F4N3O5/c1-23(2)15-9-13(7-8-17(15)29(3)21(23)35)30-11-14(20(33)34)19(32)31(22(30)36)10-12-5-4-6-16(25)18(12)24(26,27)28/h4-9,14H,10-11H2,1-3H3,(H,33,34). The SMILES string of the molecule is CN1C(=O)C(C)(C)c2cc(N3CC(C(=O)O)C(=O)N(Cc4cccc(F)c4C(F)(F)F)C3=O)ccc21. The average molecular weight is 507 g/mol. The summed E-state index contributed by atoms with van der Waals surface area (Å²) in [6, 6.07) is 5.99. The molecule has 0 bridgehead atoms. The van der Waals surface area contributed by atoms with Gasteiger partial charge in [0.1, 0.15) is 5.82 Å². The van der Waals surface area contributed by atoms with Crippen molar-refractivity contribution >= 4 is 35.2 Å². The number of carboxylic acids is 1. The quantitative estimate of drug-likeness (QED) is 0.502. The van der Waals surface area contributed by atoms with Crippen LogP contribution in [0.4, 0.5) is 33.7 Å². The summed E-state index contributed by atoms with van der Waals surface area (Å²) in [5, 5.41) is 9.60. The normalized spacial score (nSPS) is 19.7. The van der Waals surface area contributed by atoms with Gasteiger partial charge in [0.25, 0.3) is 0 Å². The molecule has 1 atom stereocenters. The van der Waals surface area contributed by atoms with Crippen molar-refractivity contribution in [3.8, 4) is 0 Å². The Morgan fingerprint density at radius 1 is 1.14 bits per heavy atom. The fraction of sp³-hybridized carbons (Fsp3) is 0.333. The molecule has 2 heterocycles. The van der Waals surface area contributed by atoms with Gasteiger partial charge in [0, 0.05) is 25.0 Å². The second-order valence-electron chi connectivity index (χ2n) is 9.17. The monoisotopic (exact) mass is 507 g/mol. The molecule has 4 rings (SSSR count). The highest BCUT2D eigenvalue weighted by atomic mass is 19.4. The summed E-state index contributed by atoms with van der Waals surface area (Å²) in [5.74, 6) is -6.34. The molecule has 4 amide bonds. The van der Waals surface area contributed by atoms with E-state index >= 15 is 0 Å². The van der Waals surface area contributed by atoms with Crippen molar-refractivity contribution in [1.82, 2.24) is 4.90 Å². The third kappa shape index (κ3) is 3.86. The molecule has 2 aromatic carbocycles. The van der Waals surface area contributed by atoms with Crippen molar-refractivity contribution < 1.29 is 41.8 Å². The van der Waals surface area contributed by atoms with E-state index in [-0.39, 0.29) is 11.6 Å². The predicted molar refractivity (Wildman–Crippen MR) is 119 cm³/mol. The number of carbonyl (C=O) groups is 4. The smallest absolute Gasteiger partial charge is 0.419 e. The van der Waals surface area contributed by atoms with E-state index < -0.39 is 65.5 Å². The number of benzene rings is 2. The Morgan fingerprint density at radius 2 is 1.81 bits per heavy atom. The number of rotatable bonds is 4. The lowest BCUT2D eigenvalue weighted by Crippen LogP contribution is -2.58. The molecule has 1 saturated heterocycles. The molecule has 8 nitrogen and oxygen atoms in total. The van der Waals surface area contributed by atoms with Gasteiger partial charge in [-0.05, 0) is 49.2 Å². The molecule has 2 aromatic rings. The summed E-state index contributed by atoms with van der Waals surface area (Å²) in [5.41, 5.74) is -2.00. The molecule has 2 aliphatic rings. The summed E-state index contributed by atoms with van der Waals surface area (Å²) < 4.78 is 54.6. The van der Waals surface area contributed by atoms with Crippen LogP contribution >= 0.6 is 0 Å². The zero-order valence-corrected chi connectivity index (χ0v) is 19.4. The number of fused-ring (bicyclic) bond motifs is 1. The minimum absolute atomic E-state index is 0.161. The van der Waals surface area contributed by atoms with Crippen LogP contribution in [-0.2, 0) is 32.5 Å². The molecule has 12 heteroatoms. The Balaban J connectivity index is 1.77. The first-order valence-corrected chi connectivity index (χ1v) is 10.8. The maximum Gasteiger partial charge on any atom is 0.419 e. The van der Waals surface area contributed by atoms with Crippen molar-refractivity contribution in [1.29, 1.82) is 0 Å². The Labute approximate surface area is 202 Å². The van der Waals surface area contributed by atoms with E-state index in [9.17, 15) is 41.8 Å². The van der Waals surface area contributed by atoms with E-state index in [4.69, 9.17) is 0 Å². The number of anilines is 2. The minimum atomic E-state index is -5.11. The lowest BCUT2D eigenvalue weighted by atomic mass is 9.86.